The van der Waals surface area contributed by atoms with E-state index in [-0.39, 0.29) is 5.56 Å². The molecule has 0 unspecified atom stereocenters. The summed E-state index contributed by atoms with van der Waals surface area (Å²) in [5.41, 5.74) is 2.13. The number of ether oxygens (including phenoxy) is 1. The smallest absolute Gasteiger partial charge is 0.190 e. The Morgan fingerprint density at radius 3 is 2.62 bits per heavy atom. The second-order valence-electron chi connectivity index (χ2n) is 5.52. The number of nitrogens with zero attached hydrogens (tertiary/aromatic N) is 3. The Labute approximate surface area is 144 Å². The molecule has 1 fully saturated rings. The third kappa shape index (κ3) is 4.24. The quantitative estimate of drug-likeness (QED) is 0.597. The van der Waals surface area contributed by atoms with Crippen molar-refractivity contribution >= 4 is 23.5 Å². The first kappa shape index (κ1) is 16.7. The van der Waals surface area contributed by atoms with Crippen molar-refractivity contribution in [3.05, 3.63) is 47.2 Å². The Bertz CT molecular complexity index is 716. The first-order chi connectivity index (χ1) is 11.6. The van der Waals surface area contributed by atoms with Crippen LogP contribution in [0.15, 0.2) is 35.5 Å². The van der Waals surface area contributed by atoms with Gasteiger partial charge in [-0.1, -0.05) is 36.0 Å². The fourth-order valence-electron chi connectivity index (χ4n) is 2.43. The van der Waals surface area contributed by atoms with Crippen LogP contribution < -0.4 is 10.0 Å². The second kappa shape index (κ2) is 7.63. The number of carbonyl (C=O) groups is 1. The lowest BCUT2D eigenvalue weighted by Gasteiger charge is -2.28. The van der Waals surface area contributed by atoms with Crippen LogP contribution in [0, 0.1) is 6.92 Å². The number of morpholine rings is 1. The minimum atomic E-state index is -1.16. The molecule has 0 N–H and O–H groups in total. The van der Waals surface area contributed by atoms with Gasteiger partial charge in [0.15, 0.2) is 5.16 Å². The van der Waals surface area contributed by atoms with E-state index < -0.39 is 5.97 Å². The molecule has 0 spiro atoms. The molecule has 2 aromatic rings. The summed E-state index contributed by atoms with van der Waals surface area (Å²) < 4.78 is 5.38. The Kier molecular flexibility index (Phi) is 5.32. The molecule has 2 heterocycles. The van der Waals surface area contributed by atoms with Crippen molar-refractivity contribution in [2.75, 3.05) is 31.2 Å². The number of hydrogen-bond donors (Lipinski definition) is 0. The van der Waals surface area contributed by atoms with Crippen LogP contribution in [0.3, 0.4) is 0 Å². The Morgan fingerprint density at radius 1 is 1.25 bits per heavy atom. The molecule has 1 aliphatic heterocycles. The molecule has 0 saturated carbocycles. The third-order valence-corrected chi connectivity index (χ3v) is 4.63. The zero-order chi connectivity index (χ0) is 16.9. The first-order valence-electron chi connectivity index (χ1n) is 7.73. The van der Waals surface area contributed by atoms with Crippen LogP contribution in [0.1, 0.15) is 21.6 Å². The van der Waals surface area contributed by atoms with Crippen molar-refractivity contribution in [1.29, 1.82) is 0 Å². The summed E-state index contributed by atoms with van der Waals surface area (Å²) in [5.74, 6) is 0.450. The Morgan fingerprint density at radius 2 is 1.96 bits per heavy atom. The van der Waals surface area contributed by atoms with E-state index >= 15 is 0 Å². The Hall–Kier alpha value is -2.12. The third-order valence-electron chi connectivity index (χ3n) is 3.71. The first-order valence-corrected chi connectivity index (χ1v) is 8.72. The van der Waals surface area contributed by atoms with Crippen LogP contribution in [0.4, 0.5) is 5.82 Å². The summed E-state index contributed by atoms with van der Waals surface area (Å²) in [5, 5.41) is 11.5. The molecule has 3 rings (SSSR count). The summed E-state index contributed by atoms with van der Waals surface area (Å²) in [6, 6.07) is 8.68. The summed E-state index contributed by atoms with van der Waals surface area (Å²) in [4.78, 5) is 22.1. The number of benzene rings is 1. The van der Waals surface area contributed by atoms with Crippen LogP contribution in [-0.4, -0.2) is 42.2 Å². The van der Waals surface area contributed by atoms with E-state index in [1.807, 2.05) is 13.0 Å². The summed E-state index contributed by atoms with van der Waals surface area (Å²) >= 11 is 1.54. The highest BCUT2D eigenvalue weighted by Crippen LogP contribution is 2.23. The second-order valence-corrected chi connectivity index (χ2v) is 6.47. The minimum Gasteiger partial charge on any atom is -0.545 e. The number of anilines is 1. The number of aromatic carboxylic acids is 1. The number of carboxylic acids is 1. The molecule has 7 heteroatoms. The predicted molar refractivity (Wildman–Crippen MR) is 90.1 cm³/mol. The van der Waals surface area contributed by atoms with Crippen molar-refractivity contribution in [2.24, 2.45) is 0 Å². The molecular weight excluding hydrogens is 326 g/mol. The van der Waals surface area contributed by atoms with Gasteiger partial charge in [0.1, 0.15) is 5.82 Å². The minimum absolute atomic E-state index is 0.185. The molecule has 6 nitrogen and oxygen atoms in total. The highest BCUT2D eigenvalue weighted by Gasteiger charge is 2.14. The maximum atomic E-state index is 10.8. The SMILES string of the molecule is Cc1cc(N2CCOCC2)nc(SCc2ccc(C(=O)[O-])cc2)n1. The van der Waals surface area contributed by atoms with Crippen molar-refractivity contribution in [3.8, 4) is 0 Å². The summed E-state index contributed by atoms with van der Waals surface area (Å²) in [7, 11) is 0. The van der Waals surface area contributed by atoms with E-state index in [1.165, 1.54) is 11.8 Å². The summed E-state index contributed by atoms with van der Waals surface area (Å²) in [6.07, 6.45) is 0. The average Bonchev–Trinajstić information content (AvgIpc) is 2.60. The van der Waals surface area contributed by atoms with E-state index in [9.17, 15) is 9.90 Å². The largest absolute Gasteiger partial charge is 0.545 e. The number of thioether (sulfide) groups is 1. The van der Waals surface area contributed by atoms with Gasteiger partial charge < -0.3 is 19.5 Å². The van der Waals surface area contributed by atoms with E-state index in [4.69, 9.17) is 4.74 Å². The number of aromatic nitrogens is 2. The molecule has 1 saturated heterocycles. The number of aryl methyl sites for hydroxylation is 1. The zero-order valence-corrected chi connectivity index (χ0v) is 14.2. The van der Waals surface area contributed by atoms with Gasteiger partial charge in [0, 0.05) is 30.6 Å². The topological polar surface area (TPSA) is 78.4 Å². The van der Waals surface area contributed by atoms with Crippen LogP contribution in [0.2, 0.25) is 0 Å². The molecule has 24 heavy (non-hydrogen) atoms. The maximum Gasteiger partial charge on any atom is 0.190 e. The van der Waals surface area contributed by atoms with Crippen LogP contribution in [0.25, 0.3) is 0 Å². The molecule has 0 atom stereocenters. The van der Waals surface area contributed by atoms with E-state index in [2.05, 4.69) is 14.9 Å². The average molecular weight is 344 g/mol. The summed E-state index contributed by atoms with van der Waals surface area (Å²) in [6.45, 7) is 5.08. The van der Waals surface area contributed by atoms with Crippen molar-refractivity contribution in [2.45, 2.75) is 17.8 Å². The predicted octanol–water partition coefficient (Wildman–Crippen LogP) is 1.28. The molecule has 1 aromatic heterocycles. The van der Waals surface area contributed by atoms with Gasteiger partial charge in [-0.3, -0.25) is 0 Å². The lowest BCUT2D eigenvalue weighted by molar-refractivity contribution is -0.255. The van der Waals surface area contributed by atoms with Gasteiger partial charge in [-0.15, -0.1) is 0 Å². The number of carboxylic acid groups (broad SMARTS) is 1. The van der Waals surface area contributed by atoms with Crippen LogP contribution in [0.5, 0.6) is 0 Å². The van der Waals surface area contributed by atoms with Gasteiger partial charge in [-0.2, -0.15) is 0 Å². The lowest BCUT2D eigenvalue weighted by atomic mass is 10.1. The highest BCUT2D eigenvalue weighted by molar-refractivity contribution is 7.98. The highest BCUT2D eigenvalue weighted by atomic mass is 32.2. The normalized spacial score (nSPS) is 14.6. The Balaban J connectivity index is 1.68. The fourth-order valence-corrected chi connectivity index (χ4v) is 3.28. The molecule has 0 amide bonds. The van der Waals surface area contributed by atoms with E-state index in [1.54, 1.807) is 24.3 Å². The van der Waals surface area contributed by atoms with Crippen molar-refractivity contribution < 1.29 is 14.6 Å². The zero-order valence-electron chi connectivity index (χ0n) is 13.4. The molecule has 126 valence electrons. The standard InChI is InChI=1S/C17H19N3O3S/c1-12-10-15(20-6-8-23-9-7-20)19-17(18-12)24-11-13-2-4-14(5-3-13)16(21)22/h2-5,10H,6-9,11H2,1H3,(H,21,22)/p-1. The van der Waals surface area contributed by atoms with Gasteiger partial charge in [0.05, 0.1) is 19.2 Å². The van der Waals surface area contributed by atoms with Crippen molar-refractivity contribution in [3.63, 3.8) is 0 Å². The van der Waals surface area contributed by atoms with E-state index in [0.29, 0.717) is 5.75 Å². The number of carbonyl (C=O) groups excluding carboxylic acids is 1. The fraction of sp³-hybridized carbons (Fsp3) is 0.353. The van der Waals surface area contributed by atoms with Crippen LogP contribution in [-0.2, 0) is 10.5 Å². The molecule has 0 bridgehead atoms. The van der Waals surface area contributed by atoms with Crippen LogP contribution >= 0.6 is 11.8 Å². The van der Waals surface area contributed by atoms with Gasteiger partial charge in [0.2, 0.25) is 0 Å². The monoisotopic (exact) mass is 344 g/mol. The maximum absolute atomic E-state index is 10.8. The molecule has 1 aliphatic rings. The van der Waals surface area contributed by atoms with Crippen molar-refractivity contribution in [1.82, 2.24) is 9.97 Å². The van der Waals surface area contributed by atoms with Gasteiger partial charge in [-0.25, -0.2) is 9.97 Å². The number of rotatable bonds is 5. The van der Waals surface area contributed by atoms with E-state index in [0.717, 1.165) is 48.5 Å². The number of hydrogen-bond acceptors (Lipinski definition) is 7. The van der Waals surface area contributed by atoms with Gasteiger partial charge in [-0.05, 0) is 18.1 Å². The molecule has 1 aromatic carbocycles. The van der Waals surface area contributed by atoms with Gasteiger partial charge in [0.25, 0.3) is 0 Å². The molecule has 0 aliphatic carbocycles. The molecular formula is C17H18N3O3S-. The molecule has 0 radical (unpaired) electrons. The lowest BCUT2D eigenvalue weighted by Crippen LogP contribution is -2.36. The van der Waals surface area contributed by atoms with Gasteiger partial charge >= 0.3 is 0 Å².